The van der Waals surface area contributed by atoms with Gasteiger partial charge >= 0.3 is 0 Å². The van der Waals surface area contributed by atoms with Crippen LogP contribution in [0.1, 0.15) is 29.5 Å². The number of nitrogens with zero attached hydrogens (tertiary/aromatic N) is 1. The van der Waals surface area contributed by atoms with Crippen molar-refractivity contribution in [2.24, 2.45) is 0 Å². The third-order valence-corrected chi connectivity index (χ3v) is 4.64. The van der Waals surface area contributed by atoms with Crippen molar-refractivity contribution in [3.8, 4) is 11.3 Å². The van der Waals surface area contributed by atoms with Crippen LogP contribution in [0.25, 0.3) is 11.3 Å². The average Bonchev–Trinajstić information content (AvgIpc) is 3.28. The number of methoxy groups -OCH3 is 1. The lowest BCUT2D eigenvalue weighted by Gasteiger charge is -2.21. The normalized spacial score (nSPS) is 20.5. The van der Waals surface area contributed by atoms with Gasteiger partial charge in [0.05, 0.1) is 18.8 Å². The fourth-order valence-electron chi connectivity index (χ4n) is 3.12. The van der Waals surface area contributed by atoms with E-state index in [0.29, 0.717) is 24.5 Å². The monoisotopic (exact) mass is 329 g/mol. The Morgan fingerprint density at radius 1 is 1.29 bits per heavy atom. The number of carbonyl (C=O) groups excluding carboxylic acids is 1. The highest BCUT2D eigenvalue weighted by Gasteiger charge is 2.36. The molecule has 0 radical (unpaired) electrons. The van der Waals surface area contributed by atoms with Crippen molar-refractivity contribution in [3.63, 3.8) is 0 Å². The summed E-state index contributed by atoms with van der Waals surface area (Å²) < 4.78 is 11.1. The van der Waals surface area contributed by atoms with E-state index in [2.05, 4.69) is 19.1 Å². The van der Waals surface area contributed by atoms with E-state index in [1.54, 1.807) is 18.1 Å². The summed E-state index contributed by atoms with van der Waals surface area (Å²) in [7, 11) is 1.62. The van der Waals surface area contributed by atoms with Gasteiger partial charge in [-0.25, -0.2) is 0 Å². The van der Waals surface area contributed by atoms with E-state index >= 15 is 0 Å². The second kappa shape index (κ2) is 7.20. The van der Waals surface area contributed by atoms with Gasteiger partial charge < -0.3 is 19.2 Å². The first-order chi connectivity index (χ1) is 11.7. The highest BCUT2D eigenvalue weighted by Crippen LogP contribution is 2.26. The lowest BCUT2D eigenvalue weighted by molar-refractivity contribution is 0.0618. The molecule has 1 aromatic carbocycles. The number of hydrogen-bond donors (Lipinski definition) is 1. The van der Waals surface area contributed by atoms with E-state index in [9.17, 15) is 9.90 Å². The summed E-state index contributed by atoms with van der Waals surface area (Å²) in [5, 5.41) is 9.50. The van der Waals surface area contributed by atoms with Crippen molar-refractivity contribution in [1.29, 1.82) is 0 Å². The molecular formula is C19H23NO4. The van der Waals surface area contributed by atoms with Gasteiger partial charge in [0, 0.05) is 19.2 Å². The highest BCUT2D eigenvalue weighted by molar-refractivity contribution is 5.92. The van der Waals surface area contributed by atoms with Crippen LogP contribution in [-0.2, 0) is 11.2 Å². The molecule has 0 spiro atoms. The summed E-state index contributed by atoms with van der Waals surface area (Å²) in [5.74, 6) is 0.758. The topological polar surface area (TPSA) is 62.9 Å². The zero-order chi connectivity index (χ0) is 17.1. The van der Waals surface area contributed by atoms with Gasteiger partial charge in [-0.05, 0) is 30.5 Å². The molecule has 1 N–H and O–H groups in total. The number of rotatable bonds is 5. The first-order valence-corrected chi connectivity index (χ1v) is 8.30. The van der Waals surface area contributed by atoms with E-state index in [4.69, 9.17) is 9.15 Å². The van der Waals surface area contributed by atoms with E-state index in [1.165, 1.54) is 5.56 Å². The van der Waals surface area contributed by atoms with E-state index in [-0.39, 0.29) is 24.7 Å². The molecule has 5 heteroatoms. The van der Waals surface area contributed by atoms with Crippen LogP contribution in [0.2, 0.25) is 0 Å². The molecule has 0 saturated carbocycles. The Morgan fingerprint density at radius 3 is 2.67 bits per heavy atom. The molecule has 2 aromatic rings. The Kier molecular flexibility index (Phi) is 5.02. The summed E-state index contributed by atoms with van der Waals surface area (Å²) in [6, 6.07) is 11.4. The molecule has 24 heavy (non-hydrogen) atoms. The average molecular weight is 329 g/mol. The number of furan rings is 1. The molecule has 3 rings (SSSR count). The molecule has 0 bridgehead atoms. The summed E-state index contributed by atoms with van der Waals surface area (Å²) >= 11 is 0. The third-order valence-electron chi connectivity index (χ3n) is 4.64. The number of hydrogen-bond acceptors (Lipinski definition) is 4. The molecule has 5 nitrogen and oxygen atoms in total. The van der Waals surface area contributed by atoms with Crippen LogP contribution in [0.4, 0.5) is 0 Å². The number of ether oxygens (including phenoxy) is 1. The first kappa shape index (κ1) is 16.7. The van der Waals surface area contributed by atoms with Crippen molar-refractivity contribution < 1.29 is 19.1 Å². The van der Waals surface area contributed by atoms with E-state index in [0.717, 1.165) is 12.0 Å². The molecule has 1 aromatic heterocycles. The molecule has 0 unspecified atom stereocenters. The van der Waals surface area contributed by atoms with Crippen molar-refractivity contribution in [3.05, 3.63) is 47.7 Å². The van der Waals surface area contributed by atoms with Crippen LogP contribution in [0.5, 0.6) is 0 Å². The summed E-state index contributed by atoms with van der Waals surface area (Å²) in [6.07, 6.45) is 1.59. The zero-order valence-corrected chi connectivity index (χ0v) is 14.1. The summed E-state index contributed by atoms with van der Waals surface area (Å²) in [4.78, 5) is 14.3. The van der Waals surface area contributed by atoms with Crippen molar-refractivity contribution >= 4 is 5.91 Å². The van der Waals surface area contributed by atoms with Gasteiger partial charge in [-0.2, -0.15) is 0 Å². The molecular weight excluding hydrogens is 306 g/mol. The van der Waals surface area contributed by atoms with Gasteiger partial charge in [0.2, 0.25) is 0 Å². The number of carbonyl (C=O) groups is 1. The van der Waals surface area contributed by atoms with Crippen LogP contribution >= 0.6 is 0 Å². The zero-order valence-electron chi connectivity index (χ0n) is 14.1. The van der Waals surface area contributed by atoms with E-state index in [1.807, 2.05) is 18.2 Å². The number of aliphatic hydroxyl groups excluding tert-OH is 1. The molecule has 0 aliphatic carbocycles. The lowest BCUT2D eigenvalue weighted by atomic mass is 10.1. The smallest absolute Gasteiger partial charge is 0.290 e. The third kappa shape index (κ3) is 3.23. The van der Waals surface area contributed by atoms with Gasteiger partial charge in [0.25, 0.3) is 5.91 Å². The summed E-state index contributed by atoms with van der Waals surface area (Å²) in [5.41, 5.74) is 2.20. The summed E-state index contributed by atoms with van der Waals surface area (Å²) in [6.45, 7) is 2.51. The molecule has 1 fully saturated rings. The standard InChI is InChI=1S/C19H23NO4/c1-3-13-4-6-14(7-5-13)17-8-9-18(24-17)19(22)20-11-16(23-2)10-15(20)12-21/h4-9,15-16,21H,3,10-12H2,1-2H3/t15-,16-/m0/s1. The Labute approximate surface area is 141 Å². The van der Waals surface area contributed by atoms with Gasteiger partial charge in [-0.15, -0.1) is 0 Å². The molecule has 128 valence electrons. The Bertz CT molecular complexity index is 692. The quantitative estimate of drug-likeness (QED) is 0.916. The van der Waals surface area contributed by atoms with Gasteiger partial charge in [0.1, 0.15) is 5.76 Å². The molecule has 2 heterocycles. The minimum absolute atomic E-state index is 0.0397. The number of aryl methyl sites for hydroxylation is 1. The van der Waals surface area contributed by atoms with E-state index < -0.39 is 0 Å². The predicted molar refractivity (Wildman–Crippen MR) is 90.8 cm³/mol. The number of amides is 1. The maximum atomic E-state index is 12.7. The van der Waals surface area contributed by atoms with Crippen molar-refractivity contribution in [1.82, 2.24) is 4.90 Å². The van der Waals surface area contributed by atoms with Crippen molar-refractivity contribution in [2.75, 3.05) is 20.3 Å². The molecule has 2 atom stereocenters. The largest absolute Gasteiger partial charge is 0.451 e. The number of aliphatic hydroxyl groups is 1. The second-order valence-electron chi connectivity index (χ2n) is 6.10. The van der Waals surface area contributed by atoms with Crippen molar-refractivity contribution in [2.45, 2.75) is 31.9 Å². The fraction of sp³-hybridized carbons (Fsp3) is 0.421. The number of likely N-dealkylation sites (tertiary alicyclic amines) is 1. The Balaban J connectivity index is 1.78. The molecule has 1 amide bonds. The first-order valence-electron chi connectivity index (χ1n) is 8.30. The van der Waals surface area contributed by atoms with Crippen LogP contribution < -0.4 is 0 Å². The Hall–Kier alpha value is -2.11. The molecule has 1 saturated heterocycles. The molecule has 1 aliphatic heterocycles. The van der Waals surface area contributed by atoms with Gasteiger partial charge in [0.15, 0.2) is 5.76 Å². The van der Waals surface area contributed by atoms with Gasteiger partial charge in [-0.3, -0.25) is 4.79 Å². The van der Waals surface area contributed by atoms with Crippen LogP contribution in [0.3, 0.4) is 0 Å². The van der Waals surface area contributed by atoms with Crippen LogP contribution in [0, 0.1) is 0 Å². The maximum Gasteiger partial charge on any atom is 0.290 e. The maximum absolute atomic E-state index is 12.7. The highest BCUT2D eigenvalue weighted by atomic mass is 16.5. The lowest BCUT2D eigenvalue weighted by Crippen LogP contribution is -2.37. The minimum atomic E-state index is -0.222. The van der Waals surface area contributed by atoms with Crippen LogP contribution in [0.15, 0.2) is 40.8 Å². The number of benzene rings is 1. The fourth-order valence-corrected chi connectivity index (χ4v) is 3.12. The second-order valence-corrected chi connectivity index (χ2v) is 6.10. The van der Waals surface area contributed by atoms with Crippen LogP contribution in [-0.4, -0.2) is 48.3 Å². The SMILES string of the molecule is CCc1ccc(-c2ccc(C(=O)N3C[C@@H](OC)C[C@H]3CO)o2)cc1. The predicted octanol–water partition coefficient (Wildman–Crippen LogP) is 2.73. The Morgan fingerprint density at radius 2 is 2.04 bits per heavy atom. The minimum Gasteiger partial charge on any atom is -0.451 e. The molecule has 1 aliphatic rings. The van der Waals surface area contributed by atoms with Gasteiger partial charge in [-0.1, -0.05) is 31.2 Å².